The Hall–Kier alpha value is -1.30. The number of rotatable bonds is 4. The highest BCUT2D eigenvalue weighted by atomic mass is 35.5. The van der Waals surface area contributed by atoms with Crippen molar-refractivity contribution in [3.8, 4) is 0 Å². The average molecular weight is 316 g/mol. The van der Waals surface area contributed by atoms with Gasteiger partial charge in [0.1, 0.15) is 0 Å². The number of nitrogens with two attached hydrogens (primary N) is 1. The van der Waals surface area contributed by atoms with E-state index in [-0.39, 0.29) is 16.0 Å². The third-order valence-corrected chi connectivity index (χ3v) is 4.08. The first-order valence-electron chi connectivity index (χ1n) is 5.49. The molecule has 2 rings (SSSR count). The van der Waals surface area contributed by atoms with Gasteiger partial charge in [-0.1, -0.05) is 23.2 Å². The fourth-order valence-corrected chi connectivity index (χ4v) is 2.46. The van der Waals surface area contributed by atoms with Crippen LogP contribution in [0.4, 0.5) is 5.69 Å². The molecular formula is C12H11Cl2N3OS. The van der Waals surface area contributed by atoms with E-state index in [1.54, 1.807) is 17.5 Å². The number of nitrogen functional groups attached to an aromatic ring is 1. The molecule has 0 atom stereocenters. The maximum absolute atomic E-state index is 11.9. The highest BCUT2D eigenvalue weighted by Gasteiger charge is 2.11. The van der Waals surface area contributed by atoms with Crippen LogP contribution in [0.1, 0.15) is 15.4 Å². The van der Waals surface area contributed by atoms with Gasteiger partial charge in [-0.05, 0) is 12.1 Å². The van der Waals surface area contributed by atoms with Crippen molar-refractivity contribution < 1.29 is 4.79 Å². The van der Waals surface area contributed by atoms with Gasteiger partial charge in [0.2, 0.25) is 0 Å². The van der Waals surface area contributed by atoms with Crippen LogP contribution in [0, 0.1) is 0 Å². The summed E-state index contributed by atoms with van der Waals surface area (Å²) >= 11 is 13.3. The lowest BCUT2D eigenvalue weighted by Crippen LogP contribution is -2.25. The second-order valence-electron chi connectivity index (χ2n) is 3.79. The zero-order chi connectivity index (χ0) is 13.8. The Kier molecular flexibility index (Phi) is 4.63. The van der Waals surface area contributed by atoms with Gasteiger partial charge in [0.25, 0.3) is 5.91 Å². The molecule has 7 heteroatoms. The molecule has 0 aliphatic rings. The van der Waals surface area contributed by atoms with E-state index in [0.29, 0.717) is 24.2 Å². The molecule has 3 N–H and O–H groups in total. The standard InChI is InChI=1S/C12H11Cl2N3OS/c13-8-5-7(6-9(15)11(8)14)12(18)17-2-1-10-16-3-4-19-10/h3-6H,1-2,15H2,(H,17,18). The highest BCUT2D eigenvalue weighted by molar-refractivity contribution is 7.09. The zero-order valence-corrected chi connectivity index (χ0v) is 12.1. The number of nitrogens with one attached hydrogen (secondary N) is 1. The van der Waals surface area contributed by atoms with Gasteiger partial charge in [0.05, 0.1) is 20.7 Å². The molecule has 0 saturated carbocycles. The SMILES string of the molecule is Nc1cc(C(=O)NCCc2nccs2)cc(Cl)c1Cl. The number of aromatic nitrogens is 1. The Morgan fingerprint density at radius 2 is 2.21 bits per heavy atom. The summed E-state index contributed by atoms with van der Waals surface area (Å²) in [6, 6.07) is 3.01. The number of carbonyl (C=O) groups is 1. The largest absolute Gasteiger partial charge is 0.397 e. The summed E-state index contributed by atoms with van der Waals surface area (Å²) in [4.78, 5) is 16.0. The number of thiazole rings is 1. The van der Waals surface area contributed by atoms with Crippen molar-refractivity contribution in [3.63, 3.8) is 0 Å². The molecule has 0 saturated heterocycles. The molecule has 1 aromatic heterocycles. The van der Waals surface area contributed by atoms with Crippen molar-refractivity contribution >= 4 is 46.1 Å². The third kappa shape index (κ3) is 3.59. The van der Waals surface area contributed by atoms with Crippen molar-refractivity contribution in [2.75, 3.05) is 12.3 Å². The van der Waals surface area contributed by atoms with Crippen LogP contribution in [0.2, 0.25) is 10.0 Å². The predicted molar refractivity (Wildman–Crippen MR) is 79.0 cm³/mol. The Labute approximate surface area is 124 Å². The van der Waals surface area contributed by atoms with Crippen LogP contribution in [-0.4, -0.2) is 17.4 Å². The molecule has 19 heavy (non-hydrogen) atoms. The topological polar surface area (TPSA) is 68.0 Å². The van der Waals surface area contributed by atoms with Gasteiger partial charge in [-0.3, -0.25) is 4.79 Å². The van der Waals surface area contributed by atoms with Crippen LogP contribution in [0.3, 0.4) is 0 Å². The minimum atomic E-state index is -0.234. The quantitative estimate of drug-likeness (QED) is 0.852. The van der Waals surface area contributed by atoms with Gasteiger partial charge < -0.3 is 11.1 Å². The smallest absolute Gasteiger partial charge is 0.251 e. The maximum atomic E-state index is 11.9. The Bertz CT molecular complexity index is 564. The van der Waals surface area contributed by atoms with Crippen LogP contribution in [0.5, 0.6) is 0 Å². The van der Waals surface area contributed by atoms with Crippen LogP contribution in [0.15, 0.2) is 23.7 Å². The van der Waals surface area contributed by atoms with Gasteiger partial charge in [-0.25, -0.2) is 4.98 Å². The average Bonchev–Trinajstić information content (AvgIpc) is 2.88. The molecule has 4 nitrogen and oxygen atoms in total. The molecule has 100 valence electrons. The third-order valence-electron chi connectivity index (χ3n) is 2.43. The van der Waals surface area contributed by atoms with Crippen LogP contribution in [-0.2, 0) is 6.42 Å². The van der Waals surface area contributed by atoms with Crippen LogP contribution >= 0.6 is 34.5 Å². The van der Waals surface area contributed by atoms with Crippen LogP contribution < -0.4 is 11.1 Å². The first kappa shape index (κ1) is 14.1. The molecule has 0 aliphatic carbocycles. The van der Waals surface area contributed by atoms with E-state index < -0.39 is 0 Å². The van der Waals surface area contributed by atoms with Crippen molar-refractivity contribution in [2.45, 2.75) is 6.42 Å². The van der Waals surface area contributed by atoms with E-state index >= 15 is 0 Å². The summed E-state index contributed by atoms with van der Waals surface area (Å²) in [5.74, 6) is -0.234. The van der Waals surface area contributed by atoms with Crippen LogP contribution in [0.25, 0.3) is 0 Å². The fraction of sp³-hybridized carbons (Fsp3) is 0.167. The molecule has 0 spiro atoms. The second kappa shape index (κ2) is 6.23. The number of benzene rings is 1. The highest BCUT2D eigenvalue weighted by Crippen LogP contribution is 2.29. The molecule has 0 aliphatic heterocycles. The second-order valence-corrected chi connectivity index (χ2v) is 5.56. The maximum Gasteiger partial charge on any atom is 0.251 e. The van der Waals surface area contributed by atoms with E-state index in [1.807, 2.05) is 5.38 Å². The molecular weight excluding hydrogens is 305 g/mol. The molecule has 1 aromatic carbocycles. The summed E-state index contributed by atoms with van der Waals surface area (Å²) < 4.78 is 0. The number of anilines is 1. The van der Waals surface area contributed by atoms with E-state index in [1.165, 1.54) is 12.1 Å². The molecule has 0 fully saturated rings. The summed E-state index contributed by atoms with van der Waals surface area (Å²) in [7, 11) is 0. The van der Waals surface area contributed by atoms with Gasteiger partial charge >= 0.3 is 0 Å². The lowest BCUT2D eigenvalue weighted by Gasteiger charge is -2.07. The molecule has 2 aromatic rings. The number of halogens is 2. The van der Waals surface area contributed by atoms with E-state index in [0.717, 1.165) is 5.01 Å². The van der Waals surface area contributed by atoms with Crippen molar-refractivity contribution in [1.82, 2.24) is 10.3 Å². The fourth-order valence-electron chi connectivity index (χ4n) is 1.50. The van der Waals surface area contributed by atoms with Gasteiger partial charge in [0, 0.05) is 30.1 Å². The minimum Gasteiger partial charge on any atom is -0.397 e. The summed E-state index contributed by atoms with van der Waals surface area (Å²) in [5, 5.41) is 6.20. The molecule has 0 unspecified atom stereocenters. The van der Waals surface area contributed by atoms with Gasteiger partial charge in [-0.15, -0.1) is 11.3 Å². The zero-order valence-electron chi connectivity index (χ0n) is 9.82. The van der Waals surface area contributed by atoms with Crippen molar-refractivity contribution in [1.29, 1.82) is 0 Å². The van der Waals surface area contributed by atoms with Crippen molar-refractivity contribution in [2.24, 2.45) is 0 Å². The van der Waals surface area contributed by atoms with Gasteiger partial charge in [0.15, 0.2) is 0 Å². The first-order chi connectivity index (χ1) is 9.08. The van der Waals surface area contributed by atoms with E-state index in [9.17, 15) is 4.79 Å². The lowest BCUT2D eigenvalue weighted by molar-refractivity contribution is 0.0954. The first-order valence-corrected chi connectivity index (χ1v) is 7.12. The molecule has 0 bridgehead atoms. The minimum absolute atomic E-state index is 0.234. The van der Waals surface area contributed by atoms with E-state index in [2.05, 4.69) is 10.3 Å². The number of hydrogen-bond donors (Lipinski definition) is 2. The predicted octanol–water partition coefficient (Wildman–Crippen LogP) is 3.00. The number of nitrogens with zero attached hydrogens (tertiary/aromatic N) is 1. The number of carbonyl (C=O) groups excluding carboxylic acids is 1. The number of amides is 1. The molecule has 1 amide bonds. The summed E-state index contributed by atoms with van der Waals surface area (Å²) in [6.07, 6.45) is 2.43. The Morgan fingerprint density at radius 3 is 2.84 bits per heavy atom. The summed E-state index contributed by atoms with van der Waals surface area (Å²) in [6.45, 7) is 0.506. The monoisotopic (exact) mass is 315 g/mol. The lowest BCUT2D eigenvalue weighted by atomic mass is 10.2. The van der Waals surface area contributed by atoms with Gasteiger partial charge in [-0.2, -0.15) is 0 Å². The van der Waals surface area contributed by atoms with E-state index in [4.69, 9.17) is 28.9 Å². The normalized spacial score (nSPS) is 10.4. The summed E-state index contributed by atoms with van der Waals surface area (Å²) in [5.41, 5.74) is 6.35. The molecule has 0 radical (unpaired) electrons. The molecule has 1 heterocycles. The number of hydrogen-bond acceptors (Lipinski definition) is 4. The Morgan fingerprint density at radius 1 is 1.42 bits per heavy atom. The Balaban J connectivity index is 1.96. The van der Waals surface area contributed by atoms with Crippen molar-refractivity contribution in [3.05, 3.63) is 44.3 Å².